The SMILES string of the molecule is CCC(=O)N1CCCN(C(=O)c2ccc(Br)s2)CC1. The number of halogens is 1. The lowest BCUT2D eigenvalue weighted by Crippen LogP contribution is -2.36. The molecule has 1 saturated heterocycles. The lowest BCUT2D eigenvalue weighted by molar-refractivity contribution is -0.130. The second kappa shape index (κ2) is 6.52. The summed E-state index contributed by atoms with van der Waals surface area (Å²) in [5, 5.41) is 0. The van der Waals surface area contributed by atoms with Gasteiger partial charge in [0.05, 0.1) is 8.66 Å². The minimum atomic E-state index is 0.0708. The Labute approximate surface area is 125 Å². The van der Waals surface area contributed by atoms with Crippen LogP contribution in [0.5, 0.6) is 0 Å². The van der Waals surface area contributed by atoms with E-state index in [1.165, 1.54) is 11.3 Å². The summed E-state index contributed by atoms with van der Waals surface area (Å²) in [6, 6.07) is 3.74. The number of carbonyl (C=O) groups excluding carboxylic acids is 2. The van der Waals surface area contributed by atoms with E-state index in [0.717, 1.165) is 28.2 Å². The number of thiophene rings is 1. The van der Waals surface area contributed by atoms with Gasteiger partial charge < -0.3 is 9.80 Å². The van der Waals surface area contributed by atoms with Crippen LogP contribution in [0.2, 0.25) is 0 Å². The van der Waals surface area contributed by atoms with Crippen LogP contribution in [-0.4, -0.2) is 47.8 Å². The summed E-state index contributed by atoms with van der Waals surface area (Å²) in [6.45, 7) is 4.62. The van der Waals surface area contributed by atoms with Crippen LogP contribution in [0.25, 0.3) is 0 Å². The van der Waals surface area contributed by atoms with Crippen molar-refractivity contribution in [3.8, 4) is 0 Å². The maximum Gasteiger partial charge on any atom is 0.264 e. The molecule has 1 aliphatic heterocycles. The lowest BCUT2D eigenvalue weighted by atomic mass is 10.3. The lowest BCUT2D eigenvalue weighted by Gasteiger charge is -2.21. The first kappa shape index (κ1) is 14.5. The third kappa shape index (κ3) is 3.57. The smallest absolute Gasteiger partial charge is 0.264 e. The van der Waals surface area contributed by atoms with E-state index < -0.39 is 0 Å². The molecule has 0 radical (unpaired) electrons. The molecule has 0 spiro atoms. The van der Waals surface area contributed by atoms with Gasteiger partial charge >= 0.3 is 0 Å². The van der Waals surface area contributed by atoms with E-state index in [1.807, 2.05) is 28.9 Å². The van der Waals surface area contributed by atoms with Crippen molar-refractivity contribution in [3.63, 3.8) is 0 Å². The van der Waals surface area contributed by atoms with Gasteiger partial charge in [-0.05, 0) is 34.5 Å². The molecule has 0 bridgehead atoms. The van der Waals surface area contributed by atoms with Crippen molar-refractivity contribution in [1.29, 1.82) is 0 Å². The molecule has 1 fully saturated rings. The van der Waals surface area contributed by atoms with Gasteiger partial charge in [0.15, 0.2) is 0 Å². The molecule has 0 unspecified atom stereocenters. The first-order valence-corrected chi connectivity index (χ1v) is 8.05. The second-order valence-corrected chi connectivity index (χ2v) is 6.95. The van der Waals surface area contributed by atoms with Gasteiger partial charge in [-0.15, -0.1) is 11.3 Å². The van der Waals surface area contributed by atoms with Crippen LogP contribution in [0.15, 0.2) is 15.9 Å². The number of hydrogen-bond acceptors (Lipinski definition) is 3. The third-order valence-corrected chi connectivity index (χ3v) is 4.83. The molecule has 0 aliphatic carbocycles. The highest BCUT2D eigenvalue weighted by atomic mass is 79.9. The van der Waals surface area contributed by atoms with Gasteiger partial charge in [0, 0.05) is 32.6 Å². The van der Waals surface area contributed by atoms with Crippen LogP contribution >= 0.6 is 27.3 Å². The number of amides is 2. The molecule has 2 heterocycles. The van der Waals surface area contributed by atoms with Crippen LogP contribution in [0.3, 0.4) is 0 Å². The molecular formula is C13H17BrN2O2S. The third-order valence-electron chi connectivity index (χ3n) is 3.22. The summed E-state index contributed by atoms with van der Waals surface area (Å²) < 4.78 is 0.966. The van der Waals surface area contributed by atoms with Crippen molar-refractivity contribution in [2.75, 3.05) is 26.2 Å². The van der Waals surface area contributed by atoms with Crippen LogP contribution in [0.4, 0.5) is 0 Å². The standard InChI is InChI=1S/C13H17BrN2O2S/c1-2-12(17)15-6-3-7-16(9-8-15)13(18)10-4-5-11(14)19-10/h4-5H,2-3,6-9H2,1H3. The highest BCUT2D eigenvalue weighted by Crippen LogP contribution is 2.23. The number of carbonyl (C=O) groups is 2. The fourth-order valence-corrected chi connectivity index (χ4v) is 3.53. The average Bonchev–Trinajstić information content (AvgIpc) is 2.71. The summed E-state index contributed by atoms with van der Waals surface area (Å²) in [6.07, 6.45) is 1.38. The van der Waals surface area contributed by atoms with Crippen LogP contribution < -0.4 is 0 Å². The Hall–Kier alpha value is -0.880. The zero-order chi connectivity index (χ0) is 13.8. The van der Waals surface area contributed by atoms with Crippen LogP contribution in [-0.2, 0) is 4.79 Å². The van der Waals surface area contributed by atoms with Gasteiger partial charge in [0.2, 0.25) is 5.91 Å². The van der Waals surface area contributed by atoms with Gasteiger partial charge in [-0.25, -0.2) is 0 Å². The van der Waals surface area contributed by atoms with Gasteiger partial charge in [0.25, 0.3) is 5.91 Å². The van der Waals surface area contributed by atoms with Crippen molar-refractivity contribution in [2.24, 2.45) is 0 Å². The Morgan fingerprint density at radius 1 is 1.21 bits per heavy atom. The van der Waals surface area contributed by atoms with Crippen molar-refractivity contribution < 1.29 is 9.59 Å². The number of rotatable bonds is 2. The Bertz CT molecular complexity index is 475. The molecule has 0 saturated carbocycles. The van der Waals surface area contributed by atoms with Gasteiger partial charge in [0.1, 0.15) is 0 Å². The van der Waals surface area contributed by atoms with Gasteiger partial charge in [-0.2, -0.15) is 0 Å². The molecule has 4 nitrogen and oxygen atoms in total. The molecule has 0 N–H and O–H groups in total. The zero-order valence-corrected chi connectivity index (χ0v) is 13.3. The normalized spacial score (nSPS) is 16.3. The Balaban J connectivity index is 1.99. The first-order chi connectivity index (χ1) is 9.11. The van der Waals surface area contributed by atoms with Crippen LogP contribution in [0, 0.1) is 0 Å². The largest absolute Gasteiger partial charge is 0.341 e. The maximum atomic E-state index is 12.3. The molecular weight excluding hydrogens is 328 g/mol. The summed E-state index contributed by atoms with van der Waals surface area (Å²) in [5.41, 5.74) is 0. The monoisotopic (exact) mass is 344 g/mol. The molecule has 19 heavy (non-hydrogen) atoms. The fourth-order valence-electron chi connectivity index (χ4n) is 2.18. The molecule has 2 amide bonds. The molecule has 0 atom stereocenters. The summed E-state index contributed by atoms with van der Waals surface area (Å²) in [4.78, 5) is 28.5. The van der Waals surface area contributed by atoms with Crippen LogP contribution in [0.1, 0.15) is 29.4 Å². The minimum Gasteiger partial charge on any atom is -0.341 e. The molecule has 6 heteroatoms. The van der Waals surface area contributed by atoms with E-state index >= 15 is 0 Å². The van der Waals surface area contributed by atoms with E-state index in [1.54, 1.807) is 0 Å². The second-order valence-electron chi connectivity index (χ2n) is 4.48. The molecule has 2 rings (SSSR count). The van der Waals surface area contributed by atoms with Crippen molar-refractivity contribution in [1.82, 2.24) is 9.80 Å². The predicted molar refractivity (Wildman–Crippen MR) is 79.4 cm³/mol. The highest BCUT2D eigenvalue weighted by molar-refractivity contribution is 9.11. The summed E-state index contributed by atoms with van der Waals surface area (Å²) in [5.74, 6) is 0.245. The van der Waals surface area contributed by atoms with Crippen molar-refractivity contribution >= 4 is 39.1 Å². The van der Waals surface area contributed by atoms with E-state index in [-0.39, 0.29) is 11.8 Å². The summed E-state index contributed by atoms with van der Waals surface area (Å²) in [7, 11) is 0. The van der Waals surface area contributed by atoms with E-state index in [0.29, 0.717) is 19.5 Å². The van der Waals surface area contributed by atoms with E-state index in [9.17, 15) is 9.59 Å². The number of hydrogen-bond donors (Lipinski definition) is 0. The van der Waals surface area contributed by atoms with Crippen molar-refractivity contribution in [2.45, 2.75) is 19.8 Å². The summed E-state index contributed by atoms with van der Waals surface area (Å²) >= 11 is 4.83. The maximum absolute atomic E-state index is 12.3. The van der Waals surface area contributed by atoms with E-state index in [2.05, 4.69) is 15.9 Å². The average molecular weight is 345 g/mol. The quantitative estimate of drug-likeness (QED) is 0.827. The predicted octanol–water partition coefficient (Wildman–Crippen LogP) is 2.60. The Morgan fingerprint density at radius 2 is 1.89 bits per heavy atom. The number of nitrogens with zero attached hydrogens (tertiary/aromatic N) is 2. The zero-order valence-electron chi connectivity index (χ0n) is 10.9. The topological polar surface area (TPSA) is 40.6 Å². The molecule has 1 aromatic rings. The first-order valence-electron chi connectivity index (χ1n) is 6.44. The Morgan fingerprint density at radius 3 is 2.53 bits per heavy atom. The minimum absolute atomic E-state index is 0.0708. The van der Waals surface area contributed by atoms with Gasteiger partial charge in [-0.1, -0.05) is 6.92 Å². The molecule has 1 aromatic heterocycles. The molecule has 0 aromatic carbocycles. The van der Waals surface area contributed by atoms with Crippen molar-refractivity contribution in [3.05, 3.63) is 20.8 Å². The van der Waals surface area contributed by atoms with Gasteiger partial charge in [-0.3, -0.25) is 9.59 Å². The highest BCUT2D eigenvalue weighted by Gasteiger charge is 2.22. The Kier molecular flexibility index (Phi) is 4.99. The molecule has 104 valence electrons. The fraction of sp³-hybridized carbons (Fsp3) is 0.538. The van der Waals surface area contributed by atoms with E-state index in [4.69, 9.17) is 0 Å². The molecule has 1 aliphatic rings.